The smallest absolute Gasteiger partial charge is 0.213 e. The minimum absolute atomic E-state index is 0.148. The Morgan fingerprint density at radius 2 is 1.50 bits per heavy atom. The number of primary sulfonamides is 1. The first-order valence-electron chi connectivity index (χ1n) is 6.00. The molecule has 6 heteroatoms. The number of hydrogen-bond acceptors (Lipinski definition) is 3. The predicted molar refractivity (Wildman–Crippen MR) is 82.0 cm³/mol. The Bertz CT molecular complexity index is 667. The molecule has 0 unspecified atom stereocenters. The van der Waals surface area contributed by atoms with Gasteiger partial charge in [0.15, 0.2) is 0 Å². The van der Waals surface area contributed by atoms with Gasteiger partial charge in [0.2, 0.25) is 10.0 Å². The van der Waals surface area contributed by atoms with Crippen molar-refractivity contribution >= 4 is 27.3 Å². The summed E-state index contributed by atoms with van der Waals surface area (Å²) in [7, 11) is -3.48. The SMILES string of the molecule is NS(=O)(=O)Cc1ccc(NCc2ccc(Cl)cc2)cc1. The van der Waals surface area contributed by atoms with Crippen LogP contribution in [0.15, 0.2) is 48.5 Å². The number of rotatable bonds is 5. The van der Waals surface area contributed by atoms with Crippen LogP contribution in [0.25, 0.3) is 0 Å². The van der Waals surface area contributed by atoms with Gasteiger partial charge in [-0.25, -0.2) is 13.6 Å². The lowest BCUT2D eigenvalue weighted by Gasteiger charge is -2.07. The van der Waals surface area contributed by atoms with E-state index in [1.54, 1.807) is 12.1 Å². The summed E-state index contributed by atoms with van der Waals surface area (Å²) in [4.78, 5) is 0. The zero-order chi connectivity index (χ0) is 14.6. The largest absolute Gasteiger partial charge is 0.381 e. The molecule has 0 aliphatic heterocycles. The minimum Gasteiger partial charge on any atom is -0.381 e. The fraction of sp³-hybridized carbons (Fsp3) is 0.143. The molecule has 20 heavy (non-hydrogen) atoms. The zero-order valence-corrected chi connectivity index (χ0v) is 12.3. The number of sulfonamides is 1. The van der Waals surface area contributed by atoms with Crippen LogP contribution in [0.2, 0.25) is 5.02 Å². The van der Waals surface area contributed by atoms with Crippen LogP contribution in [-0.4, -0.2) is 8.42 Å². The molecule has 2 aromatic rings. The molecule has 0 aliphatic rings. The van der Waals surface area contributed by atoms with E-state index >= 15 is 0 Å². The highest BCUT2D eigenvalue weighted by Crippen LogP contribution is 2.14. The third-order valence-electron chi connectivity index (χ3n) is 2.73. The van der Waals surface area contributed by atoms with Crippen molar-refractivity contribution in [3.8, 4) is 0 Å². The van der Waals surface area contributed by atoms with E-state index in [9.17, 15) is 8.42 Å². The highest BCUT2D eigenvalue weighted by molar-refractivity contribution is 7.88. The summed E-state index contributed by atoms with van der Waals surface area (Å²) in [5.74, 6) is -0.148. The van der Waals surface area contributed by atoms with Crippen LogP contribution >= 0.6 is 11.6 Å². The molecule has 0 aliphatic carbocycles. The Morgan fingerprint density at radius 1 is 0.950 bits per heavy atom. The van der Waals surface area contributed by atoms with Gasteiger partial charge < -0.3 is 5.32 Å². The van der Waals surface area contributed by atoms with E-state index in [1.165, 1.54) is 0 Å². The highest BCUT2D eigenvalue weighted by Gasteiger charge is 2.04. The van der Waals surface area contributed by atoms with Gasteiger partial charge in [-0.05, 0) is 35.4 Å². The van der Waals surface area contributed by atoms with Crippen molar-refractivity contribution in [3.63, 3.8) is 0 Å². The van der Waals surface area contributed by atoms with Gasteiger partial charge in [0, 0.05) is 17.3 Å². The number of halogens is 1. The number of anilines is 1. The van der Waals surface area contributed by atoms with Crippen LogP contribution in [0.5, 0.6) is 0 Å². The Kier molecular flexibility index (Phi) is 4.65. The lowest BCUT2D eigenvalue weighted by molar-refractivity contribution is 0.597. The van der Waals surface area contributed by atoms with Gasteiger partial charge in [-0.15, -0.1) is 0 Å². The molecule has 0 fully saturated rings. The van der Waals surface area contributed by atoms with E-state index in [0.29, 0.717) is 17.1 Å². The molecule has 0 saturated heterocycles. The topological polar surface area (TPSA) is 72.2 Å². The number of nitrogens with one attached hydrogen (secondary N) is 1. The molecular formula is C14H15ClN2O2S. The highest BCUT2D eigenvalue weighted by atomic mass is 35.5. The first-order valence-corrected chi connectivity index (χ1v) is 8.09. The quantitative estimate of drug-likeness (QED) is 0.892. The summed E-state index contributed by atoms with van der Waals surface area (Å²) in [6.07, 6.45) is 0. The third-order valence-corrected chi connectivity index (χ3v) is 3.72. The van der Waals surface area contributed by atoms with E-state index in [0.717, 1.165) is 11.3 Å². The summed E-state index contributed by atoms with van der Waals surface area (Å²) < 4.78 is 22.0. The Labute approximate surface area is 123 Å². The molecule has 106 valence electrons. The molecule has 0 spiro atoms. The molecule has 4 nitrogen and oxygen atoms in total. The first-order chi connectivity index (χ1) is 9.42. The Morgan fingerprint density at radius 3 is 2.05 bits per heavy atom. The van der Waals surface area contributed by atoms with Gasteiger partial charge in [0.25, 0.3) is 0 Å². The monoisotopic (exact) mass is 310 g/mol. The second kappa shape index (κ2) is 6.26. The lowest BCUT2D eigenvalue weighted by atomic mass is 10.2. The number of benzene rings is 2. The average Bonchev–Trinajstić information content (AvgIpc) is 2.38. The van der Waals surface area contributed by atoms with Crippen LogP contribution < -0.4 is 10.5 Å². The van der Waals surface area contributed by atoms with Gasteiger partial charge in [-0.2, -0.15) is 0 Å². The molecular weight excluding hydrogens is 296 g/mol. The van der Waals surface area contributed by atoms with Crippen molar-refractivity contribution in [1.29, 1.82) is 0 Å². The number of nitrogens with two attached hydrogens (primary N) is 1. The van der Waals surface area contributed by atoms with E-state index in [-0.39, 0.29) is 5.75 Å². The van der Waals surface area contributed by atoms with Crippen LogP contribution in [0.3, 0.4) is 0 Å². The van der Waals surface area contributed by atoms with Gasteiger partial charge in [-0.1, -0.05) is 35.9 Å². The zero-order valence-electron chi connectivity index (χ0n) is 10.7. The average molecular weight is 311 g/mol. The second-order valence-electron chi connectivity index (χ2n) is 4.48. The first kappa shape index (κ1) is 14.8. The van der Waals surface area contributed by atoms with Crippen LogP contribution in [0.4, 0.5) is 5.69 Å². The maximum atomic E-state index is 11.0. The van der Waals surface area contributed by atoms with Crippen molar-refractivity contribution in [3.05, 3.63) is 64.7 Å². The van der Waals surface area contributed by atoms with Gasteiger partial charge in [0.1, 0.15) is 0 Å². The van der Waals surface area contributed by atoms with E-state index in [4.69, 9.17) is 16.7 Å². The predicted octanol–water partition coefficient (Wildman–Crippen LogP) is 2.74. The summed E-state index contributed by atoms with van der Waals surface area (Å²) >= 11 is 5.82. The fourth-order valence-electron chi connectivity index (χ4n) is 1.76. The van der Waals surface area contributed by atoms with Crippen molar-refractivity contribution in [2.75, 3.05) is 5.32 Å². The van der Waals surface area contributed by atoms with Crippen molar-refractivity contribution < 1.29 is 8.42 Å². The molecule has 2 rings (SSSR count). The van der Waals surface area contributed by atoms with E-state index in [2.05, 4.69) is 5.32 Å². The lowest BCUT2D eigenvalue weighted by Crippen LogP contribution is -2.14. The normalized spacial score (nSPS) is 11.3. The third kappa shape index (κ3) is 4.85. The molecule has 0 bridgehead atoms. The molecule has 3 N–H and O–H groups in total. The second-order valence-corrected chi connectivity index (χ2v) is 6.53. The van der Waals surface area contributed by atoms with Crippen molar-refractivity contribution in [2.24, 2.45) is 5.14 Å². The summed E-state index contributed by atoms with van der Waals surface area (Å²) in [5.41, 5.74) is 2.70. The molecule has 0 saturated carbocycles. The maximum Gasteiger partial charge on any atom is 0.213 e. The Hall–Kier alpha value is -1.56. The van der Waals surface area contributed by atoms with Crippen LogP contribution in [0, 0.1) is 0 Å². The van der Waals surface area contributed by atoms with Crippen LogP contribution in [-0.2, 0) is 22.3 Å². The number of hydrogen-bond donors (Lipinski definition) is 2. The minimum atomic E-state index is -3.48. The van der Waals surface area contributed by atoms with Crippen molar-refractivity contribution in [1.82, 2.24) is 0 Å². The van der Waals surface area contributed by atoms with E-state index < -0.39 is 10.0 Å². The summed E-state index contributed by atoms with van der Waals surface area (Å²) in [5, 5.41) is 8.95. The summed E-state index contributed by atoms with van der Waals surface area (Å²) in [6.45, 7) is 0.672. The molecule has 0 amide bonds. The molecule has 2 aromatic carbocycles. The van der Waals surface area contributed by atoms with Crippen LogP contribution in [0.1, 0.15) is 11.1 Å². The van der Waals surface area contributed by atoms with Gasteiger partial charge in [0.05, 0.1) is 5.75 Å². The maximum absolute atomic E-state index is 11.0. The molecule has 0 atom stereocenters. The molecule has 0 heterocycles. The van der Waals surface area contributed by atoms with E-state index in [1.807, 2.05) is 36.4 Å². The fourth-order valence-corrected chi connectivity index (χ4v) is 2.54. The van der Waals surface area contributed by atoms with Gasteiger partial charge >= 0.3 is 0 Å². The Balaban J connectivity index is 1.95. The summed E-state index contributed by atoms with van der Waals surface area (Å²) in [6, 6.07) is 14.7. The van der Waals surface area contributed by atoms with Gasteiger partial charge in [-0.3, -0.25) is 0 Å². The van der Waals surface area contributed by atoms with Crippen molar-refractivity contribution in [2.45, 2.75) is 12.3 Å². The standard InChI is InChI=1S/C14H15ClN2O2S/c15-13-5-1-11(2-6-13)9-17-14-7-3-12(4-8-14)10-20(16,18)19/h1-8,17H,9-10H2,(H2,16,18,19). The molecule has 0 radical (unpaired) electrons. The molecule has 0 aromatic heterocycles.